The first-order chi connectivity index (χ1) is 10.2. The van der Waals surface area contributed by atoms with Gasteiger partial charge in [-0.15, -0.1) is 0 Å². The number of hydrogen-bond acceptors (Lipinski definition) is 3. The summed E-state index contributed by atoms with van der Waals surface area (Å²) >= 11 is 0. The van der Waals surface area contributed by atoms with Crippen LogP contribution in [0.2, 0.25) is 0 Å². The predicted molar refractivity (Wildman–Crippen MR) is 77.1 cm³/mol. The zero-order chi connectivity index (χ0) is 14.8. The number of fused-ring (bicyclic) bond motifs is 1. The number of anilines is 1. The third-order valence-electron chi connectivity index (χ3n) is 3.28. The predicted octanol–water partition coefficient (Wildman–Crippen LogP) is 2.43. The number of amides is 1. The number of nitrogens with zero attached hydrogens (tertiary/aromatic N) is 1. The van der Waals surface area contributed by atoms with Crippen LogP contribution >= 0.6 is 0 Å². The van der Waals surface area contributed by atoms with Crippen LogP contribution in [0.1, 0.15) is 5.56 Å². The van der Waals surface area contributed by atoms with Gasteiger partial charge in [-0.1, -0.05) is 0 Å². The molecule has 0 spiro atoms. The van der Waals surface area contributed by atoms with Crippen molar-refractivity contribution in [3.05, 3.63) is 47.8 Å². The van der Waals surface area contributed by atoms with Gasteiger partial charge >= 0.3 is 0 Å². The Morgan fingerprint density at radius 1 is 1.29 bits per heavy atom. The van der Waals surface area contributed by atoms with Crippen LogP contribution in [0.25, 0.3) is 22.2 Å². The van der Waals surface area contributed by atoms with E-state index in [1.165, 1.54) is 6.07 Å². The molecule has 21 heavy (non-hydrogen) atoms. The Morgan fingerprint density at radius 3 is 2.90 bits per heavy atom. The van der Waals surface area contributed by atoms with Crippen molar-refractivity contribution in [3.63, 3.8) is 0 Å². The Hall–Kier alpha value is -2.73. The van der Waals surface area contributed by atoms with E-state index >= 15 is 0 Å². The van der Waals surface area contributed by atoms with Crippen molar-refractivity contribution in [1.82, 2.24) is 10.2 Å². The molecule has 0 saturated heterocycles. The van der Waals surface area contributed by atoms with Gasteiger partial charge in [0.1, 0.15) is 5.82 Å². The van der Waals surface area contributed by atoms with Crippen molar-refractivity contribution < 1.29 is 14.3 Å². The fourth-order valence-corrected chi connectivity index (χ4v) is 2.24. The van der Waals surface area contributed by atoms with Gasteiger partial charge in [0.2, 0.25) is 6.41 Å². The van der Waals surface area contributed by atoms with E-state index < -0.39 is 5.82 Å². The van der Waals surface area contributed by atoms with E-state index in [-0.39, 0.29) is 12.2 Å². The van der Waals surface area contributed by atoms with Crippen LogP contribution < -0.4 is 5.32 Å². The molecule has 6 heteroatoms. The topological polar surface area (TPSA) is 78.0 Å². The summed E-state index contributed by atoms with van der Waals surface area (Å²) < 4.78 is 13.5. The quantitative estimate of drug-likeness (QED) is 0.644. The van der Waals surface area contributed by atoms with Crippen LogP contribution in [0.15, 0.2) is 36.4 Å². The van der Waals surface area contributed by atoms with Gasteiger partial charge < -0.3 is 10.4 Å². The van der Waals surface area contributed by atoms with Gasteiger partial charge in [-0.3, -0.25) is 9.89 Å². The van der Waals surface area contributed by atoms with E-state index in [0.717, 1.165) is 10.9 Å². The summed E-state index contributed by atoms with van der Waals surface area (Å²) in [4.78, 5) is 10.5. The summed E-state index contributed by atoms with van der Waals surface area (Å²) in [5.41, 5.74) is 2.98. The lowest BCUT2D eigenvalue weighted by molar-refractivity contribution is -0.105. The Bertz CT molecular complexity index is 814. The number of aliphatic hydroxyl groups is 1. The Balaban J connectivity index is 2.15. The van der Waals surface area contributed by atoms with Gasteiger partial charge in [-0.05, 0) is 36.4 Å². The first-order valence-corrected chi connectivity index (χ1v) is 6.31. The van der Waals surface area contributed by atoms with Crippen LogP contribution in [0.5, 0.6) is 0 Å². The average molecular weight is 285 g/mol. The second-order valence-electron chi connectivity index (χ2n) is 4.56. The number of H-pyrrole nitrogens is 1. The first-order valence-electron chi connectivity index (χ1n) is 6.31. The van der Waals surface area contributed by atoms with E-state index in [1.54, 1.807) is 30.3 Å². The van der Waals surface area contributed by atoms with Crippen LogP contribution in [-0.2, 0) is 11.4 Å². The molecule has 3 rings (SSSR count). The van der Waals surface area contributed by atoms with Gasteiger partial charge in [-0.25, -0.2) is 4.39 Å². The number of halogens is 1. The third-order valence-corrected chi connectivity index (χ3v) is 3.28. The maximum Gasteiger partial charge on any atom is 0.211 e. The van der Waals surface area contributed by atoms with Crippen molar-refractivity contribution in [2.45, 2.75) is 6.61 Å². The minimum Gasteiger partial charge on any atom is -0.392 e. The van der Waals surface area contributed by atoms with Crippen LogP contribution in [0.3, 0.4) is 0 Å². The zero-order valence-corrected chi connectivity index (χ0v) is 10.9. The molecule has 3 aromatic rings. The summed E-state index contributed by atoms with van der Waals surface area (Å²) in [5, 5.41) is 19.6. The number of nitrogens with one attached hydrogen (secondary N) is 2. The number of aliphatic hydroxyl groups excluding tert-OH is 1. The number of carbonyl (C=O) groups excluding carboxylic acids is 1. The molecular formula is C15H12FN3O2. The van der Waals surface area contributed by atoms with E-state index in [1.807, 2.05) is 0 Å². The zero-order valence-electron chi connectivity index (χ0n) is 10.9. The number of hydrogen-bond donors (Lipinski definition) is 3. The van der Waals surface area contributed by atoms with E-state index in [4.69, 9.17) is 5.11 Å². The lowest BCUT2D eigenvalue weighted by Gasteiger charge is -2.04. The number of rotatable bonds is 4. The molecule has 1 amide bonds. The Morgan fingerprint density at radius 2 is 2.14 bits per heavy atom. The van der Waals surface area contributed by atoms with Gasteiger partial charge in [0.05, 0.1) is 17.8 Å². The SMILES string of the molecule is O=CNc1ccc2[nH]nc(-c3ccc(F)c(CO)c3)c2c1. The lowest BCUT2D eigenvalue weighted by Crippen LogP contribution is -1.93. The highest BCUT2D eigenvalue weighted by Crippen LogP contribution is 2.29. The van der Waals surface area contributed by atoms with Crippen LogP contribution in [0.4, 0.5) is 10.1 Å². The molecule has 0 bridgehead atoms. The normalized spacial score (nSPS) is 10.8. The molecule has 0 aliphatic rings. The molecule has 0 aliphatic carbocycles. The molecular weight excluding hydrogens is 273 g/mol. The van der Waals surface area contributed by atoms with Crippen molar-refractivity contribution in [3.8, 4) is 11.3 Å². The van der Waals surface area contributed by atoms with Crippen molar-refractivity contribution >= 4 is 23.0 Å². The fraction of sp³-hybridized carbons (Fsp3) is 0.0667. The molecule has 0 aliphatic heterocycles. The molecule has 5 nitrogen and oxygen atoms in total. The number of benzene rings is 2. The molecule has 2 aromatic carbocycles. The second-order valence-corrected chi connectivity index (χ2v) is 4.56. The number of aromatic nitrogens is 2. The van der Waals surface area contributed by atoms with Gasteiger partial charge in [0.25, 0.3) is 0 Å². The van der Waals surface area contributed by atoms with Crippen LogP contribution in [-0.4, -0.2) is 21.7 Å². The minimum atomic E-state index is -0.454. The molecule has 1 heterocycles. The van der Waals surface area contributed by atoms with Gasteiger partial charge in [0.15, 0.2) is 0 Å². The van der Waals surface area contributed by atoms with Gasteiger partial charge in [-0.2, -0.15) is 5.10 Å². The minimum absolute atomic E-state index is 0.214. The lowest BCUT2D eigenvalue weighted by atomic mass is 10.0. The highest BCUT2D eigenvalue weighted by Gasteiger charge is 2.11. The van der Waals surface area contributed by atoms with Gasteiger partial charge in [0, 0.05) is 22.2 Å². The summed E-state index contributed by atoms with van der Waals surface area (Å²) in [5.74, 6) is -0.454. The summed E-state index contributed by atoms with van der Waals surface area (Å²) in [6.07, 6.45) is 0.600. The standard InChI is InChI=1S/C15H12FN3O2/c16-13-3-1-9(5-10(13)7-20)15-12-6-11(17-8-21)2-4-14(12)18-19-15/h1-6,8,20H,7H2,(H,17,21)(H,18,19). The van der Waals surface area contributed by atoms with E-state index in [0.29, 0.717) is 23.4 Å². The molecule has 1 aromatic heterocycles. The third kappa shape index (κ3) is 2.36. The summed E-state index contributed by atoms with van der Waals surface area (Å²) in [6, 6.07) is 9.80. The average Bonchev–Trinajstić information content (AvgIpc) is 2.91. The highest BCUT2D eigenvalue weighted by atomic mass is 19.1. The largest absolute Gasteiger partial charge is 0.392 e. The maximum atomic E-state index is 13.5. The number of aromatic amines is 1. The monoisotopic (exact) mass is 285 g/mol. The van der Waals surface area contributed by atoms with Crippen LogP contribution in [0, 0.1) is 5.82 Å². The van der Waals surface area contributed by atoms with E-state index in [9.17, 15) is 9.18 Å². The number of carbonyl (C=O) groups is 1. The van der Waals surface area contributed by atoms with Crippen molar-refractivity contribution in [2.75, 3.05) is 5.32 Å². The Kier molecular flexibility index (Phi) is 3.37. The van der Waals surface area contributed by atoms with E-state index in [2.05, 4.69) is 15.5 Å². The molecule has 106 valence electrons. The first kappa shape index (κ1) is 13.3. The highest BCUT2D eigenvalue weighted by molar-refractivity contribution is 5.95. The molecule has 0 saturated carbocycles. The summed E-state index contributed by atoms with van der Waals surface area (Å²) in [7, 11) is 0. The maximum absolute atomic E-state index is 13.5. The second kappa shape index (κ2) is 5.34. The fourth-order valence-electron chi connectivity index (χ4n) is 2.24. The molecule has 0 atom stereocenters. The molecule has 0 fully saturated rings. The summed E-state index contributed by atoms with van der Waals surface area (Å²) in [6.45, 7) is -0.375. The molecule has 3 N–H and O–H groups in total. The van der Waals surface area contributed by atoms with Crippen molar-refractivity contribution in [1.29, 1.82) is 0 Å². The molecule has 0 radical (unpaired) electrons. The van der Waals surface area contributed by atoms with Crippen molar-refractivity contribution in [2.24, 2.45) is 0 Å². The smallest absolute Gasteiger partial charge is 0.211 e. The Labute approximate surface area is 119 Å². The molecule has 0 unspecified atom stereocenters.